The lowest BCUT2D eigenvalue weighted by molar-refractivity contribution is -0.140. The first-order valence-electron chi connectivity index (χ1n) is 6.38. The molecule has 1 rings (SSSR count). The van der Waals surface area contributed by atoms with Gasteiger partial charge in [0.2, 0.25) is 0 Å². The van der Waals surface area contributed by atoms with Gasteiger partial charge in [0.25, 0.3) is 5.91 Å². The minimum atomic E-state index is -4.44. The van der Waals surface area contributed by atoms with Gasteiger partial charge in [0.05, 0.1) is 17.7 Å². The molecule has 21 heavy (non-hydrogen) atoms. The summed E-state index contributed by atoms with van der Waals surface area (Å²) in [5.74, 6) is 4.50. The highest BCUT2D eigenvalue weighted by Crippen LogP contribution is 2.19. The van der Waals surface area contributed by atoms with Crippen LogP contribution in [0.5, 0.6) is 0 Å². The van der Waals surface area contributed by atoms with Crippen molar-refractivity contribution in [1.82, 2.24) is 9.88 Å². The first-order chi connectivity index (χ1) is 9.89. The fourth-order valence-corrected chi connectivity index (χ4v) is 1.74. The molecule has 0 aromatic carbocycles. The molecule has 4 nitrogen and oxygen atoms in total. The van der Waals surface area contributed by atoms with Gasteiger partial charge in [-0.15, -0.1) is 0 Å². The molecule has 0 fully saturated rings. The number of carbonyl (C=O) groups excluding carboxylic acids is 1. The number of rotatable bonds is 4. The van der Waals surface area contributed by atoms with Crippen molar-refractivity contribution in [1.29, 1.82) is 0 Å². The number of aromatic nitrogens is 1. The van der Waals surface area contributed by atoms with E-state index in [9.17, 15) is 18.0 Å². The Balaban J connectivity index is 3.09. The second-order valence-electron chi connectivity index (χ2n) is 4.27. The number of carbonyl (C=O) groups is 1. The Labute approximate surface area is 121 Å². The van der Waals surface area contributed by atoms with E-state index < -0.39 is 18.6 Å². The maximum atomic E-state index is 12.6. The molecule has 0 aliphatic heterocycles. The van der Waals surface area contributed by atoms with Crippen molar-refractivity contribution < 1.29 is 18.0 Å². The van der Waals surface area contributed by atoms with Crippen LogP contribution in [0, 0.1) is 11.8 Å². The van der Waals surface area contributed by atoms with Gasteiger partial charge < -0.3 is 10.6 Å². The summed E-state index contributed by atoms with van der Waals surface area (Å²) in [5, 5.41) is 0. The lowest BCUT2D eigenvalue weighted by atomic mass is 10.1. The van der Waals surface area contributed by atoms with Crippen molar-refractivity contribution in [3.8, 4) is 11.8 Å². The Kier molecular flexibility index (Phi) is 6.18. The standard InChI is InChI=1S/C14H16F3N3O/c1-2-8-20(10-14(15,16)17)13(21)12-5-7-19-9-11(12)4-3-6-18/h5,7,9H,2,6,8,10,18H2,1H3. The second kappa shape index (κ2) is 7.64. The van der Waals surface area contributed by atoms with Crippen LogP contribution in [0.2, 0.25) is 0 Å². The van der Waals surface area contributed by atoms with Crippen molar-refractivity contribution in [3.05, 3.63) is 29.6 Å². The number of halogens is 3. The monoisotopic (exact) mass is 299 g/mol. The van der Waals surface area contributed by atoms with Crippen LogP contribution in [0.4, 0.5) is 13.2 Å². The number of nitrogens with zero attached hydrogens (tertiary/aromatic N) is 2. The molecule has 7 heteroatoms. The van der Waals surface area contributed by atoms with E-state index in [0.29, 0.717) is 6.42 Å². The van der Waals surface area contributed by atoms with Crippen LogP contribution < -0.4 is 5.73 Å². The zero-order valence-corrected chi connectivity index (χ0v) is 11.6. The van der Waals surface area contributed by atoms with Gasteiger partial charge in [-0.1, -0.05) is 18.8 Å². The quantitative estimate of drug-likeness (QED) is 0.863. The Morgan fingerprint density at radius 3 is 2.76 bits per heavy atom. The highest BCUT2D eigenvalue weighted by molar-refractivity contribution is 5.96. The lowest BCUT2D eigenvalue weighted by Crippen LogP contribution is -2.39. The molecule has 0 aliphatic rings. The van der Waals surface area contributed by atoms with Crippen molar-refractivity contribution in [3.63, 3.8) is 0 Å². The normalized spacial score (nSPS) is 10.7. The van der Waals surface area contributed by atoms with Gasteiger partial charge in [0.1, 0.15) is 6.54 Å². The molecule has 0 radical (unpaired) electrons. The minimum Gasteiger partial charge on any atom is -0.330 e. The van der Waals surface area contributed by atoms with Crippen molar-refractivity contribution >= 4 is 5.91 Å². The highest BCUT2D eigenvalue weighted by Gasteiger charge is 2.33. The summed E-state index contributed by atoms with van der Waals surface area (Å²) in [6.07, 6.45) is -1.33. The summed E-state index contributed by atoms with van der Waals surface area (Å²) in [7, 11) is 0. The topological polar surface area (TPSA) is 59.2 Å². The van der Waals surface area contributed by atoms with Crippen LogP contribution in [0.25, 0.3) is 0 Å². The van der Waals surface area contributed by atoms with Crippen molar-refractivity contribution in [2.45, 2.75) is 19.5 Å². The van der Waals surface area contributed by atoms with Gasteiger partial charge in [-0.3, -0.25) is 9.78 Å². The zero-order valence-electron chi connectivity index (χ0n) is 11.6. The van der Waals surface area contributed by atoms with Crippen LogP contribution >= 0.6 is 0 Å². The summed E-state index contributed by atoms with van der Waals surface area (Å²) in [6, 6.07) is 1.36. The maximum Gasteiger partial charge on any atom is 0.406 e. The molecule has 114 valence electrons. The molecule has 0 saturated heterocycles. The third-order valence-corrected chi connectivity index (χ3v) is 2.53. The smallest absolute Gasteiger partial charge is 0.330 e. The van der Waals surface area contributed by atoms with E-state index in [-0.39, 0.29) is 24.2 Å². The molecule has 0 atom stereocenters. The molecule has 0 aliphatic carbocycles. The van der Waals surface area contributed by atoms with E-state index in [1.54, 1.807) is 6.92 Å². The van der Waals surface area contributed by atoms with Gasteiger partial charge >= 0.3 is 6.18 Å². The summed E-state index contributed by atoms with van der Waals surface area (Å²) in [5.41, 5.74) is 5.63. The zero-order chi connectivity index (χ0) is 15.9. The number of amides is 1. The Morgan fingerprint density at radius 2 is 2.19 bits per heavy atom. The average molecular weight is 299 g/mol. The highest BCUT2D eigenvalue weighted by atomic mass is 19.4. The molecule has 0 unspecified atom stereocenters. The molecular weight excluding hydrogens is 283 g/mol. The number of hydrogen-bond donors (Lipinski definition) is 1. The number of nitrogens with two attached hydrogens (primary N) is 1. The predicted molar refractivity (Wildman–Crippen MR) is 72.4 cm³/mol. The predicted octanol–water partition coefficient (Wildman–Crippen LogP) is 1.81. The molecule has 0 bridgehead atoms. The Bertz CT molecular complexity index is 546. The fourth-order valence-electron chi connectivity index (χ4n) is 1.74. The average Bonchev–Trinajstić information content (AvgIpc) is 2.43. The fraction of sp³-hybridized carbons (Fsp3) is 0.429. The molecule has 0 saturated carbocycles. The summed E-state index contributed by atoms with van der Waals surface area (Å²) in [6.45, 7) is 0.526. The summed E-state index contributed by atoms with van der Waals surface area (Å²) in [4.78, 5) is 16.9. The van der Waals surface area contributed by atoms with Gasteiger partial charge in [-0.2, -0.15) is 13.2 Å². The van der Waals surface area contributed by atoms with E-state index in [4.69, 9.17) is 5.73 Å². The van der Waals surface area contributed by atoms with Crippen LogP contribution in [0.3, 0.4) is 0 Å². The lowest BCUT2D eigenvalue weighted by Gasteiger charge is -2.23. The van der Waals surface area contributed by atoms with Gasteiger partial charge in [0.15, 0.2) is 0 Å². The second-order valence-corrected chi connectivity index (χ2v) is 4.27. The molecule has 0 spiro atoms. The Morgan fingerprint density at radius 1 is 1.48 bits per heavy atom. The van der Waals surface area contributed by atoms with Gasteiger partial charge in [-0.25, -0.2) is 0 Å². The van der Waals surface area contributed by atoms with Crippen LogP contribution in [0.15, 0.2) is 18.5 Å². The van der Waals surface area contributed by atoms with Gasteiger partial charge in [-0.05, 0) is 12.5 Å². The minimum absolute atomic E-state index is 0.0183. The number of pyridine rings is 1. The third-order valence-electron chi connectivity index (χ3n) is 2.53. The van der Waals surface area contributed by atoms with Crippen LogP contribution in [-0.4, -0.2) is 41.6 Å². The summed E-state index contributed by atoms with van der Waals surface area (Å²) >= 11 is 0. The Hall–Kier alpha value is -2.07. The van der Waals surface area contributed by atoms with Crippen molar-refractivity contribution in [2.75, 3.05) is 19.6 Å². The molecule has 1 aromatic heterocycles. The van der Waals surface area contributed by atoms with E-state index in [2.05, 4.69) is 16.8 Å². The van der Waals surface area contributed by atoms with E-state index in [1.807, 2.05) is 0 Å². The largest absolute Gasteiger partial charge is 0.406 e. The first-order valence-corrected chi connectivity index (χ1v) is 6.38. The van der Waals surface area contributed by atoms with Crippen molar-refractivity contribution in [2.24, 2.45) is 5.73 Å². The molecule has 2 N–H and O–H groups in total. The maximum absolute atomic E-state index is 12.6. The number of hydrogen-bond acceptors (Lipinski definition) is 3. The molecule has 1 amide bonds. The molecular formula is C14H16F3N3O. The van der Waals surface area contributed by atoms with E-state index in [0.717, 1.165) is 4.90 Å². The third kappa shape index (κ3) is 5.44. The SMILES string of the molecule is CCCN(CC(F)(F)F)C(=O)c1ccncc1C#CCN. The van der Waals surface area contributed by atoms with Crippen LogP contribution in [0.1, 0.15) is 29.3 Å². The van der Waals surface area contributed by atoms with E-state index in [1.165, 1.54) is 18.5 Å². The molecule has 1 heterocycles. The summed E-state index contributed by atoms with van der Waals surface area (Å²) < 4.78 is 37.7. The van der Waals surface area contributed by atoms with E-state index >= 15 is 0 Å². The number of alkyl halides is 3. The van der Waals surface area contributed by atoms with Crippen LogP contribution in [-0.2, 0) is 0 Å². The first kappa shape index (κ1) is 17.0. The molecule has 1 aromatic rings. The van der Waals surface area contributed by atoms with Gasteiger partial charge in [0, 0.05) is 18.9 Å².